The third-order valence-corrected chi connectivity index (χ3v) is 14.4. The Morgan fingerprint density at radius 3 is 1.64 bits per heavy atom. The lowest BCUT2D eigenvalue weighted by atomic mass is 10.0. The van der Waals surface area contributed by atoms with Crippen LogP contribution in [-0.2, 0) is 24.0 Å². The van der Waals surface area contributed by atoms with Gasteiger partial charge in [-0.15, -0.1) is 0 Å². The minimum atomic E-state index is -0.926. The number of methoxy groups -OCH3 is 3. The van der Waals surface area contributed by atoms with Crippen LogP contribution in [0.2, 0.25) is 0 Å². The van der Waals surface area contributed by atoms with Crippen LogP contribution < -0.4 is 39.6 Å². The van der Waals surface area contributed by atoms with Gasteiger partial charge in [-0.25, -0.2) is 0 Å². The minimum Gasteiger partial charge on any atom is -0.497 e. The molecule has 1 unspecified atom stereocenters. The third-order valence-electron chi connectivity index (χ3n) is 14.4. The first kappa shape index (κ1) is 55.7. The van der Waals surface area contributed by atoms with Gasteiger partial charge in [0.15, 0.2) is 23.0 Å². The predicted octanol–water partition coefficient (Wildman–Crippen LogP) is 7.57. The summed E-state index contributed by atoms with van der Waals surface area (Å²) in [5.74, 6) is -0.270. The van der Waals surface area contributed by atoms with E-state index in [1.807, 2.05) is 48.8 Å². The highest BCUT2D eigenvalue weighted by molar-refractivity contribution is 6.13. The van der Waals surface area contributed by atoms with Gasteiger partial charge in [0.1, 0.15) is 17.8 Å². The molecule has 20 heteroatoms. The van der Waals surface area contributed by atoms with E-state index in [1.165, 1.54) is 26.4 Å². The number of rotatable bonds is 23. The Morgan fingerprint density at radius 2 is 1.14 bits per heavy atom. The Bertz CT molecular complexity index is 3220. The van der Waals surface area contributed by atoms with Crippen molar-refractivity contribution >= 4 is 82.0 Å². The molecule has 80 heavy (non-hydrogen) atoms. The van der Waals surface area contributed by atoms with E-state index in [4.69, 9.17) is 33.7 Å². The summed E-state index contributed by atoms with van der Waals surface area (Å²) in [6.07, 6.45) is 13.1. The van der Waals surface area contributed by atoms with Gasteiger partial charge in [-0.1, -0.05) is 44.5 Å². The van der Waals surface area contributed by atoms with Crippen LogP contribution in [0.5, 0.6) is 28.7 Å². The molecular formula is C60H64N8O12. The topological polar surface area (TPSA) is 236 Å². The average Bonchev–Trinajstić information content (AvgIpc) is 4.15. The van der Waals surface area contributed by atoms with E-state index < -0.39 is 23.9 Å². The maximum absolute atomic E-state index is 14.1. The van der Waals surface area contributed by atoms with E-state index in [-0.39, 0.29) is 73.7 Å². The standard InChI is InChI=1S/C60H64N8O12/c1-35(2)56(65-53(69)11-8-7-9-22-66-54(70)20-21-55(66)71)58(73)63-36(3)57(72)64-41-16-12-37(13-17-41)39-25-42-31-61-47-29-51(49(77-5)27-45(47)59(74)67(42)33-39)79-23-10-24-80-52-30-48-46(28-50(52)78-6)60(75)68-34-40(26-43(68)32-62-48)38-14-18-44(76-4)19-15-38/h12-21,27-36,42-43,56H,7-11,22-26H2,1-6H3,(H,63,73)(H,64,72)(H,65,69)/t36-,42-,43-,56?/m0/s1. The molecule has 0 saturated heterocycles. The first-order chi connectivity index (χ1) is 38.6. The number of fused-ring (bicyclic) bond motifs is 4. The number of nitrogens with zero attached hydrogens (tertiary/aromatic N) is 5. The second-order valence-electron chi connectivity index (χ2n) is 20.2. The summed E-state index contributed by atoms with van der Waals surface area (Å²) in [7, 11) is 4.65. The molecule has 4 aromatic rings. The van der Waals surface area contributed by atoms with Crippen molar-refractivity contribution in [2.45, 2.75) is 89.9 Å². The number of ether oxygens (including phenoxy) is 5. The van der Waals surface area contributed by atoms with Crippen LogP contribution in [0.1, 0.15) is 97.6 Å². The van der Waals surface area contributed by atoms with Crippen LogP contribution in [-0.4, -0.2) is 134 Å². The predicted molar refractivity (Wildman–Crippen MR) is 300 cm³/mol. The van der Waals surface area contributed by atoms with Crippen molar-refractivity contribution in [2.24, 2.45) is 15.9 Å². The summed E-state index contributed by atoms with van der Waals surface area (Å²) in [5.41, 5.74) is 5.94. The summed E-state index contributed by atoms with van der Waals surface area (Å²) in [6, 6.07) is 19.2. The highest BCUT2D eigenvalue weighted by atomic mass is 16.5. The largest absolute Gasteiger partial charge is 0.497 e. The molecule has 0 bridgehead atoms. The van der Waals surface area contributed by atoms with Gasteiger partial charge < -0.3 is 49.4 Å². The summed E-state index contributed by atoms with van der Waals surface area (Å²) in [4.78, 5) is 105. The zero-order chi connectivity index (χ0) is 56.6. The molecular weight excluding hydrogens is 1020 g/mol. The summed E-state index contributed by atoms with van der Waals surface area (Å²) in [5, 5.41) is 8.34. The molecule has 0 fully saturated rings. The van der Waals surface area contributed by atoms with Gasteiger partial charge in [0.25, 0.3) is 23.6 Å². The van der Waals surface area contributed by atoms with E-state index in [2.05, 4.69) is 16.0 Å². The van der Waals surface area contributed by atoms with Gasteiger partial charge in [0.2, 0.25) is 17.7 Å². The van der Waals surface area contributed by atoms with Crippen molar-refractivity contribution in [2.75, 3.05) is 46.4 Å². The molecule has 20 nitrogen and oxygen atoms in total. The van der Waals surface area contributed by atoms with Crippen molar-refractivity contribution < 1.29 is 57.2 Å². The van der Waals surface area contributed by atoms with Gasteiger partial charge in [0.05, 0.1) is 69.1 Å². The summed E-state index contributed by atoms with van der Waals surface area (Å²) < 4.78 is 29.0. The molecule has 3 N–H and O–H groups in total. The minimum absolute atomic E-state index is 0.162. The second-order valence-corrected chi connectivity index (χ2v) is 20.2. The fraction of sp³-hybridized carbons (Fsp3) is 0.350. The average molecular weight is 1090 g/mol. The van der Waals surface area contributed by atoms with Crippen molar-refractivity contribution in [3.63, 3.8) is 0 Å². The number of anilines is 1. The molecule has 5 aliphatic heterocycles. The van der Waals surface area contributed by atoms with Gasteiger partial charge >= 0.3 is 0 Å². The van der Waals surface area contributed by atoms with Crippen molar-refractivity contribution in [1.29, 1.82) is 0 Å². The van der Waals surface area contributed by atoms with Crippen molar-refractivity contribution in [3.05, 3.63) is 120 Å². The van der Waals surface area contributed by atoms with E-state index in [0.29, 0.717) is 89.7 Å². The van der Waals surface area contributed by atoms with Gasteiger partial charge in [-0.2, -0.15) is 0 Å². The van der Waals surface area contributed by atoms with E-state index in [1.54, 1.807) is 86.5 Å². The van der Waals surface area contributed by atoms with Gasteiger partial charge in [0, 0.05) is 87.0 Å². The molecule has 7 amide bonds. The summed E-state index contributed by atoms with van der Waals surface area (Å²) >= 11 is 0. The van der Waals surface area contributed by atoms with Crippen LogP contribution in [0.3, 0.4) is 0 Å². The second kappa shape index (κ2) is 24.7. The lowest BCUT2D eigenvalue weighted by Gasteiger charge is -2.24. The fourth-order valence-corrected chi connectivity index (χ4v) is 9.92. The maximum Gasteiger partial charge on any atom is 0.260 e. The SMILES string of the molecule is COc1ccc(C2=CN3C(=O)c4cc(OC)c(OCCCOc5cc6c(cc5OC)C(=O)N5C=C(c7ccc(NC(=O)[C@H](C)NC(=O)C(NC(=O)CCCCCN8C(=O)C=CC8=O)C(C)C)cc7)C[C@H]5C=N6)cc4N=C[C@@H]3C2)cc1. The Labute approximate surface area is 463 Å². The molecule has 0 radical (unpaired) electrons. The molecule has 9 rings (SSSR count). The molecule has 0 aliphatic carbocycles. The van der Waals surface area contributed by atoms with E-state index in [9.17, 15) is 33.6 Å². The molecule has 5 heterocycles. The van der Waals surface area contributed by atoms with Crippen LogP contribution in [0.15, 0.2) is 107 Å². The van der Waals surface area contributed by atoms with Crippen molar-refractivity contribution in [1.82, 2.24) is 25.3 Å². The van der Waals surface area contributed by atoms with E-state index in [0.717, 1.165) is 32.9 Å². The highest BCUT2D eigenvalue weighted by Crippen LogP contribution is 2.42. The van der Waals surface area contributed by atoms with Crippen LogP contribution in [0.25, 0.3) is 11.1 Å². The van der Waals surface area contributed by atoms with Gasteiger partial charge in [-0.3, -0.25) is 48.4 Å². The number of imide groups is 1. The number of benzene rings is 4. The zero-order valence-corrected chi connectivity index (χ0v) is 45.5. The maximum atomic E-state index is 14.1. The third kappa shape index (κ3) is 12.4. The zero-order valence-electron chi connectivity index (χ0n) is 45.5. The number of carbonyl (C=O) groups excluding carboxylic acids is 7. The molecule has 4 aromatic carbocycles. The normalized spacial score (nSPS) is 17.6. The lowest BCUT2D eigenvalue weighted by molar-refractivity contribution is -0.137. The molecule has 0 saturated carbocycles. The molecule has 5 aliphatic rings. The van der Waals surface area contributed by atoms with E-state index >= 15 is 0 Å². The quantitative estimate of drug-likeness (QED) is 0.0482. The van der Waals surface area contributed by atoms with Crippen LogP contribution >= 0.6 is 0 Å². The highest BCUT2D eigenvalue weighted by Gasteiger charge is 2.36. The first-order valence-corrected chi connectivity index (χ1v) is 26.7. The number of carbonyl (C=O) groups is 7. The number of hydrogen-bond donors (Lipinski definition) is 3. The smallest absolute Gasteiger partial charge is 0.260 e. The van der Waals surface area contributed by atoms with Crippen LogP contribution in [0.4, 0.5) is 17.1 Å². The number of amides is 7. The molecule has 0 aromatic heterocycles. The monoisotopic (exact) mass is 1090 g/mol. The van der Waals surface area contributed by atoms with Crippen LogP contribution in [0, 0.1) is 5.92 Å². The number of unbranched alkanes of at least 4 members (excludes halogenated alkanes) is 2. The fourth-order valence-electron chi connectivity index (χ4n) is 9.92. The lowest BCUT2D eigenvalue weighted by Crippen LogP contribution is -2.53. The number of nitrogens with one attached hydrogen (secondary N) is 3. The number of hydrogen-bond acceptors (Lipinski definition) is 14. The Balaban J connectivity index is 0.739. The molecule has 0 spiro atoms. The molecule has 4 atom stereocenters. The first-order valence-electron chi connectivity index (χ1n) is 26.7. The number of aliphatic imine (C=N–C) groups is 2. The van der Waals surface area contributed by atoms with Crippen molar-refractivity contribution in [3.8, 4) is 28.7 Å². The Morgan fingerprint density at radius 1 is 0.613 bits per heavy atom. The summed E-state index contributed by atoms with van der Waals surface area (Å²) in [6.45, 7) is 5.94. The molecule has 416 valence electrons. The van der Waals surface area contributed by atoms with Gasteiger partial charge in [-0.05, 0) is 84.4 Å². The Kier molecular flexibility index (Phi) is 17.2. The Hall–Kier alpha value is -9.07.